The van der Waals surface area contributed by atoms with E-state index in [0.717, 1.165) is 19.3 Å². The zero-order valence-corrected chi connectivity index (χ0v) is 14.2. The van der Waals surface area contributed by atoms with E-state index in [0.29, 0.717) is 16.5 Å². The predicted molar refractivity (Wildman–Crippen MR) is 92.8 cm³/mol. The number of benzene rings is 1. The Bertz CT molecular complexity index is 631. The molecule has 1 aromatic carbocycles. The lowest BCUT2D eigenvalue weighted by Gasteiger charge is -2.44. The number of hydrogen-bond acceptors (Lipinski definition) is 2. The molecule has 1 unspecified atom stereocenters. The second kappa shape index (κ2) is 5.94. The second-order valence-electron chi connectivity index (χ2n) is 7.18. The molecule has 23 heavy (non-hydrogen) atoms. The summed E-state index contributed by atoms with van der Waals surface area (Å²) in [6.07, 6.45) is 10.7. The number of carbonyl (C=O) groups is 1. The molecule has 4 rings (SSSR count). The summed E-state index contributed by atoms with van der Waals surface area (Å²) < 4.78 is 0. The minimum atomic E-state index is -0.0509. The lowest BCUT2D eigenvalue weighted by Crippen LogP contribution is -2.52. The molecule has 0 aromatic heterocycles. The Balaban J connectivity index is 1.70. The highest BCUT2D eigenvalue weighted by Crippen LogP contribution is 2.49. The second-order valence-corrected chi connectivity index (χ2v) is 7.61. The molecule has 1 amide bonds. The van der Waals surface area contributed by atoms with Crippen LogP contribution in [0.4, 0.5) is 0 Å². The lowest BCUT2D eigenvalue weighted by molar-refractivity contribution is 0.0286. The molecule has 0 N–H and O–H groups in total. The summed E-state index contributed by atoms with van der Waals surface area (Å²) in [5.74, 6) is 0.540. The van der Waals surface area contributed by atoms with Crippen LogP contribution in [0.15, 0.2) is 29.4 Å². The number of hydrogen-bond donors (Lipinski definition) is 0. The van der Waals surface area contributed by atoms with Crippen molar-refractivity contribution in [1.29, 1.82) is 0 Å². The molecular weight excluding hydrogens is 308 g/mol. The summed E-state index contributed by atoms with van der Waals surface area (Å²) in [6.45, 7) is 0. The highest BCUT2D eigenvalue weighted by atomic mass is 35.5. The van der Waals surface area contributed by atoms with Crippen molar-refractivity contribution < 1.29 is 4.79 Å². The molecule has 3 aliphatic rings. The molecule has 1 atom stereocenters. The Morgan fingerprint density at radius 2 is 1.83 bits per heavy atom. The quantitative estimate of drug-likeness (QED) is 0.709. The molecular formula is C19H23ClN2O. The maximum Gasteiger partial charge on any atom is 0.274 e. The summed E-state index contributed by atoms with van der Waals surface area (Å²) in [4.78, 5) is 13.2. The van der Waals surface area contributed by atoms with Gasteiger partial charge >= 0.3 is 0 Å². The lowest BCUT2D eigenvalue weighted by atomic mass is 9.67. The molecule has 1 heterocycles. The number of halogens is 1. The highest BCUT2D eigenvalue weighted by Gasteiger charge is 2.53. The molecule has 2 aliphatic carbocycles. The van der Waals surface area contributed by atoms with Crippen LogP contribution in [-0.4, -0.2) is 22.2 Å². The predicted octanol–water partition coefficient (Wildman–Crippen LogP) is 5.04. The van der Waals surface area contributed by atoms with Crippen molar-refractivity contribution in [3.8, 4) is 0 Å². The van der Waals surface area contributed by atoms with E-state index in [2.05, 4.69) is 0 Å². The van der Waals surface area contributed by atoms with Crippen molar-refractivity contribution in [2.24, 2.45) is 11.0 Å². The van der Waals surface area contributed by atoms with E-state index in [9.17, 15) is 4.79 Å². The minimum Gasteiger partial charge on any atom is -0.267 e. The fourth-order valence-electron chi connectivity index (χ4n) is 4.76. The Morgan fingerprint density at radius 1 is 1.09 bits per heavy atom. The molecule has 1 aliphatic heterocycles. The molecule has 0 bridgehead atoms. The number of amides is 1. The van der Waals surface area contributed by atoms with Gasteiger partial charge in [0.15, 0.2) is 0 Å². The monoisotopic (exact) mass is 330 g/mol. The van der Waals surface area contributed by atoms with Gasteiger partial charge in [-0.2, -0.15) is 5.10 Å². The molecule has 122 valence electrons. The van der Waals surface area contributed by atoms with Gasteiger partial charge in [-0.05, 0) is 56.4 Å². The third kappa shape index (κ3) is 2.50. The summed E-state index contributed by atoms with van der Waals surface area (Å²) in [7, 11) is 0. The fourth-order valence-corrected chi connectivity index (χ4v) is 4.88. The average Bonchev–Trinajstić information content (AvgIpc) is 2.90. The molecule has 0 radical (unpaired) electrons. The van der Waals surface area contributed by atoms with Crippen LogP contribution in [0.25, 0.3) is 0 Å². The van der Waals surface area contributed by atoms with Crippen LogP contribution in [0.2, 0.25) is 5.02 Å². The summed E-state index contributed by atoms with van der Waals surface area (Å²) in [5, 5.41) is 7.39. The third-order valence-corrected chi connectivity index (χ3v) is 6.13. The zero-order chi connectivity index (χ0) is 15.9. The highest BCUT2D eigenvalue weighted by molar-refractivity contribution is 6.30. The van der Waals surface area contributed by atoms with Gasteiger partial charge in [0.25, 0.3) is 5.91 Å². The van der Waals surface area contributed by atoms with Crippen molar-refractivity contribution in [2.75, 3.05) is 0 Å². The third-order valence-electron chi connectivity index (χ3n) is 5.88. The molecule has 4 heteroatoms. The van der Waals surface area contributed by atoms with E-state index in [1.807, 2.05) is 17.1 Å². The molecule has 0 saturated heterocycles. The zero-order valence-electron chi connectivity index (χ0n) is 13.4. The van der Waals surface area contributed by atoms with Gasteiger partial charge in [0, 0.05) is 22.2 Å². The van der Waals surface area contributed by atoms with Crippen molar-refractivity contribution in [2.45, 2.75) is 63.3 Å². The van der Waals surface area contributed by atoms with Gasteiger partial charge in [-0.15, -0.1) is 0 Å². The van der Waals surface area contributed by atoms with Crippen molar-refractivity contribution in [3.05, 3.63) is 34.9 Å². The maximum atomic E-state index is 13.2. The van der Waals surface area contributed by atoms with Crippen LogP contribution in [0.5, 0.6) is 0 Å². The first-order chi connectivity index (χ1) is 11.2. The first-order valence-corrected chi connectivity index (χ1v) is 9.26. The number of hydrazone groups is 1. The van der Waals surface area contributed by atoms with Gasteiger partial charge in [0.1, 0.15) is 0 Å². The topological polar surface area (TPSA) is 32.7 Å². The minimum absolute atomic E-state index is 0.0467. The summed E-state index contributed by atoms with van der Waals surface area (Å²) in [6, 6.07) is 7.23. The number of nitrogens with zero attached hydrogens (tertiary/aromatic N) is 2. The standard InChI is InChI=1S/C19H23ClN2O/c20-15-10-8-14(9-11-15)18(23)22-19(12-4-1-5-13-19)16-6-2-3-7-17(16)21-22/h8-11,16H,1-7,12-13H2. The Labute approximate surface area is 142 Å². The van der Waals surface area contributed by atoms with Gasteiger partial charge in [-0.3, -0.25) is 4.79 Å². The van der Waals surface area contributed by atoms with Gasteiger partial charge in [-0.25, -0.2) is 5.01 Å². The van der Waals surface area contributed by atoms with E-state index in [1.54, 1.807) is 12.1 Å². The van der Waals surface area contributed by atoms with Crippen LogP contribution in [-0.2, 0) is 0 Å². The maximum absolute atomic E-state index is 13.2. The largest absolute Gasteiger partial charge is 0.274 e. The normalized spacial score (nSPS) is 26.0. The van der Waals surface area contributed by atoms with E-state index >= 15 is 0 Å². The molecule has 3 nitrogen and oxygen atoms in total. The van der Waals surface area contributed by atoms with Crippen LogP contribution >= 0.6 is 11.6 Å². The number of rotatable bonds is 1. The summed E-state index contributed by atoms with van der Waals surface area (Å²) >= 11 is 5.97. The molecule has 1 aromatic rings. The number of carbonyl (C=O) groups excluding carboxylic acids is 1. The van der Waals surface area contributed by atoms with Crippen LogP contribution in [0.1, 0.15) is 68.1 Å². The summed E-state index contributed by atoms with van der Waals surface area (Å²) in [5.41, 5.74) is 1.92. The fraction of sp³-hybridized carbons (Fsp3) is 0.579. The van der Waals surface area contributed by atoms with Crippen LogP contribution < -0.4 is 0 Å². The van der Waals surface area contributed by atoms with E-state index in [-0.39, 0.29) is 11.4 Å². The van der Waals surface area contributed by atoms with Gasteiger partial charge in [-0.1, -0.05) is 37.3 Å². The Morgan fingerprint density at radius 3 is 2.57 bits per heavy atom. The Kier molecular flexibility index (Phi) is 3.92. The van der Waals surface area contributed by atoms with Crippen LogP contribution in [0, 0.1) is 5.92 Å². The van der Waals surface area contributed by atoms with E-state index < -0.39 is 0 Å². The molecule has 1 spiro atoms. The van der Waals surface area contributed by atoms with Crippen molar-refractivity contribution in [3.63, 3.8) is 0 Å². The van der Waals surface area contributed by atoms with Gasteiger partial charge in [0.2, 0.25) is 0 Å². The average molecular weight is 331 g/mol. The van der Waals surface area contributed by atoms with Gasteiger partial charge in [0.05, 0.1) is 5.54 Å². The van der Waals surface area contributed by atoms with E-state index in [1.165, 1.54) is 44.2 Å². The SMILES string of the molecule is O=C(c1ccc(Cl)cc1)N1N=C2CCCCC2C12CCCCC2. The van der Waals surface area contributed by atoms with Gasteiger partial charge < -0.3 is 0 Å². The Hall–Kier alpha value is -1.35. The first-order valence-electron chi connectivity index (χ1n) is 8.88. The first kappa shape index (κ1) is 15.2. The van der Waals surface area contributed by atoms with Crippen LogP contribution in [0.3, 0.4) is 0 Å². The number of fused-ring (bicyclic) bond motifs is 2. The van der Waals surface area contributed by atoms with Crippen molar-refractivity contribution in [1.82, 2.24) is 5.01 Å². The molecule has 2 saturated carbocycles. The smallest absolute Gasteiger partial charge is 0.267 e. The van der Waals surface area contributed by atoms with E-state index in [4.69, 9.17) is 16.7 Å². The molecule has 2 fully saturated rings. The van der Waals surface area contributed by atoms with Crippen molar-refractivity contribution >= 4 is 23.2 Å².